The Morgan fingerprint density at radius 1 is 0.643 bits per heavy atom. The highest BCUT2D eigenvalue weighted by atomic mass is 16.5. The summed E-state index contributed by atoms with van der Waals surface area (Å²) in [6.45, 7) is 2.53. The van der Waals surface area contributed by atoms with Gasteiger partial charge in [0.15, 0.2) is 11.9 Å². The number of guanidine groups is 2. The minimum Gasteiger partial charge on any atom is -0.481 e. The van der Waals surface area contributed by atoms with E-state index >= 15 is 4.79 Å². The molecule has 37 nitrogen and oxygen atoms in total. The standard InChI is InChI=1S/C75H102N20O17/c1-4-6-24-50(62(76)100)87-66(104)54(29-16-32-81-73(77)78)90-69(107)56(36-43-35-42-19-8-13-26-49(42)85-43)92-63(101)41(3)84-64(102)53-28-15-14-27-51(86-60(97)38-83-75(111)112-40-48-46-22-11-9-20-44(46)45-21-10-12-23-47(45)48)65(103)88-52(25-7-5-2)68(106)94-58(39-96)70(108)93-57(37-61(98)99)72(110)95-34-18-31-59(95)71(109)91-55(67(105)89-53)30-17-33-82-74(79)80/h4-13,19-23,26,35,41,48,50-59,85,96H,14-18,24-25,27-34,36-40H2,1-3H3,(H2,76,100)(H,83,111)(H,84,102)(H,86,97)(H,87,104)(H,88,103)(H,89,105)(H,90,107)(H,91,109)(H,92,101)(H,93,108)(H,94,106)(H,98,99)(H4,77,78,81)(H4,79,80,82)/t41-,50-,51-,52-,53-,54-,55-,56-,57-,58-,59?/m0/s1. The number of aliphatic carboxylic acids is 1. The van der Waals surface area contributed by atoms with Gasteiger partial charge in [-0.2, -0.15) is 0 Å². The van der Waals surface area contributed by atoms with Crippen LogP contribution in [0.2, 0.25) is 0 Å². The van der Waals surface area contributed by atoms with Gasteiger partial charge in [-0.25, -0.2) is 4.79 Å². The highest BCUT2D eigenvalue weighted by molar-refractivity contribution is 6.01. The van der Waals surface area contributed by atoms with Gasteiger partial charge in [0.25, 0.3) is 0 Å². The van der Waals surface area contributed by atoms with E-state index in [0.717, 1.165) is 32.5 Å². The number of nitrogens with one attached hydrogen (secondary N) is 16. The average molecular weight is 1560 g/mol. The number of benzene rings is 3. The molecule has 3 aliphatic rings. The Bertz CT molecular complexity index is 4070. The summed E-state index contributed by atoms with van der Waals surface area (Å²) in [4.78, 5) is 202. The number of ether oxygens (including phenoxy) is 1. The Kier molecular flexibility index (Phi) is 33.4. The Morgan fingerprint density at radius 2 is 1.23 bits per heavy atom. The zero-order valence-corrected chi connectivity index (χ0v) is 62.6. The molecule has 1 aromatic heterocycles. The fraction of sp³-hybridized carbons (Fsp3) is 0.467. The van der Waals surface area contributed by atoms with Gasteiger partial charge in [-0.3, -0.25) is 73.1 Å². The molecule has 1 aliphatic carbocycles. The number of hydrogen-bond acceptors (Lipinski definition) is 18. The van der Waals surface area contributed by atoms with Crippen molar-refractivity contribution in [1.82, 2.24) is 79.0 Å². The fourth-order valence-corrected chi connectivity index (χ4v) is 13.2. The number of carbonyl (C=O) groups excluding carboxylic acids is 13. The summed E-state index contributed by atoms with van der Waals surface area (Å²) in [7, 11) is 0. The molecule has 3 heterocycles. The first kappa shape index (κ1) is 86.8. The maximum atomic E-state index is 15.0. The Hall–Kier alpha value is -12.4. The zero-order chi connectivity index (χ0) is 81.6. The van der Waals surface area contributed by atoms with Crippen LogP contribution in [0.5, 0.6) is 0 Å². The van der Waals surface area contributed by atoms with Gasteiger partial charge in [0.05, 0.1) is 13.0 Å². The van der Waals surface area contributed by atoms with E-state index in [1.54, 1.807) is 56.3 Å². The number of carboxylic acid groups (broad SMARTS) is 1. The Morgan fingerprint density at radius 3 is 1.88 bits per heavy atom. The number of amides is 13. The Balaban J connectivity index is 1.20. The third-order valence-electron chi connectivity index (χ3n) is 19.0. The molecule has 0 radical (unpaired) electrons. The third-order valence-corrected chi connectivity index (χ3v) is 19.0. The zero-order valence-electron chi connectivity index (χ0n) is 62.6. The molecule has 0 spiro atoms. The van der Waals surface area contributed by atoms with Crippen LogP contribution in [-0.2, 0) is 73.5 Å². The van der Waals surface area contributed by atoms with Crippen molar-refractivity contribution < 1.29 is 82.1 Å². The van der Waals surface area contributed by atoms with Gasteiger partial charge in [-0.1, -0.05) is 104 Å². The first-order chi connectivity index (χ1) is 53.6. The maximum absolute atomic E-state index is 15.0. The van der Waals surface area contributed by atoms with Crippen molar-refractivity contribution in [3.63, 3.8) is 0 Å². The van der Waals surface area contributed by atoms with E-state index in [-0.39, 0.29) is 122 Å². The minimum absolute atomic E-state index is 0.0154. The molecule has 1 unspecified atom stereocenters. The summed E-state index contributed by atoms with van der Waals surface area (Å²) in [6.07, 6.45) is 2.98. The van der Waals surface area contributed by atoms with Crippen LogP contribution in [0.25, 0.3) is 22.0 Å². The molecule has 7 rings (SSSR count). The van der Waals surface area contributed by atoms with Gasteiger partial charge in [-0.15, -0.1) is 0 Å². The van der Waals surface area contributed by atoms with Gasteiger partial charge in [0.1, 0.15) is 79.6 Å². The number of aliphatic hydroxyl groups excluding tert-OH is 1. The summed E-state index contributed by atoms with van der Waals surface area (Å²) < 4.78 is 5.64. The lowest BCUT2D eigenvalue weighted by Gasteiger charge is -2.30. The SMILES string of the molecule is CC=CC[C@H](NC(=O)[C@H](CCCNC(=N)N)NC(=O)[C@H](Cc1cc2ccccc2[nH]1)NC(=O)[C@H](C)NC(=O)[C@@H]1CCCC[C@H](NC(=O)CNC(=O)OCC2c3ccccc3-c3ccccc32)C(=O)N[C@@H](CC=CC)C(=O)N[C@@H](CO)C(=O)N[C@@H](CC(=O)O)C(=O)N2CCCC2C(=O)N[C@@H](CCCNC(=N)N)C(=O)N1)C(N)=O. The van der Waals surface area contributed by atoms with E-state index in [0.29, 0.717) is 11.2 Å². The lowest BCUT2D eigenvalue weighted by molar-refractivity contribution is -0.146. The fourth-order valence-electron chi connectivity index (χ4n) is 13.2. The van der Waals surface area contributed by atoms with Gasteiger partial charge in [0, 0.05) is 43.2 Å². The number of para-hydroxylation sites is 1. The predicted molar refractivity (Wildman–Crippen MR) is 409 cm³/mol. The maximum Gasteiger partial charge on any atom is 0.407 e. The number of aromatic nitrogens is 1. The van der Waals surface area contributed by atoms with E-state index < -0.39 is 175 Å². The van der Waals surface area contributed by atoms with Crippen molar-refractivity contribution in [3.8, 4) is 11.1 Å². The molecule has 0 saturated carbocycles. The van der Waals surface area contributed by atoms with Crippen LogP contribution in [0.3, 0.4) is 0 Å². The molecule has 604 valence electrons. The number of carboxylic acids is 1. The number of carbonyl (C=O) groups is 14. The number of nitrogens with zero attached hydrogens (tertiary/aromatic N) is 1. The third kappa shape index (κ3) is 25.9. The first-order valence-corrected chi connectivity index (χ1v) is 37.1. The number of rotatable bonds is 31. The van der Waals surface area contributed by atoms with E-state index in [9.17, 15) is 72.5 Å². The van der Waals surface area contributed by atoms with E-state index in [1.807, 2.05) is 48.5 Å². The number of aromatic amines is 1. The molecule has 0 bridgehead atoms. The molecule has 13 amide bonds. The normalized spacial score (nSPS) is 20.4. The summed E-state index contributed by atoms with van der Waals surface area (Å²) in [5.74, 6) is -14.5. The van der Waals surface area contributed by atoms with Crippen molar-refractivity contribution >= 4 is 106 Å². The van der Waals surface area contributed by atoms with E-state index in [1.165, 1.54) is 19.1 Å². The van der Waals surface area contributed by atoms with Gasteiger partial charge >= 0.3 is 12.1 Å². The van der Waals surface area contributed by atoms with E-state index in [2.05, 4.69) is 74.1 Å². The first-order valence-electron chi connectivity index (χ1n) is 37.1. The molecule has 4 aromatic rings. The quantitative estimate of drug-likeness (QED) is 0.0113. The molecular weight excluding hydrogens is 1450 g/mol. The second kappa shape index (κ2) is 43.1. The van der Waals surface area contributed by atoms with Gasteiger partial charge < -0.3 is 111 Å². The van der Waals surface area contributed by atoms with Crippen molar-refractivity contribution in [2.75, 3.05) is 39.4 Å². The van der Waals surface area contributed by atoms with Crippen molar-refractivity contribution in [2.24, 2.45) is 17.2 Å². The van der Waals surface area contributed by atoms with Crippen LogP contribution in [0.15, 0.2) is 103 Å². The van der Waals surface area contributed by atoms with Crippen LogP contribution >= 0.6 is 0 Å². The van der Waals surface area contributed by atoms with Gasteiger partial charge in [-0.05, 0) is 125 Å². The molecule has 3 aromatic carbocycles. The summed E-state index contributed by atoms with van der Waals surface area (Å²) in [5, 5.41) is 69.9. The molecule has 24 N–H and O–H groups in total. The number of primary amides is 1. The highest BCUT2D eigenvalue weighted by Crippen LogP contribution is 2.44. The van der Waals surface area contributed by atoms with Gasteiger partial charge in [0.2, 0.25) is 70.9 Å². The van der Waals surface area contributed by atoms with Crippen molar-refractivity contribution in [2.45, 2.75) is 183 Å². The van der Waals surface area contributed by atoms with Crippen molar-refractivity contribution in [1.29, 1.82) is 10.8 Å². The topological polar surface area (TPSA) is 590 Å². The molecule has 2 saturated heterocycles. The van der Waals surface area contributed by atoms with Crippen LogP contribution in [0, 0.1) is 10.8 Å². The average Bonchev–Trinajstić information content (AvgIpc) is 1.61. The molecule has 2 fully saturated rings. The number of allylic oxidation sites excluding steroid dienone is 2. The number of H-pyrrole nitrogens is 1. The molecule has 37 heteroatoms. The largest absolute Gasteiger partial charge is 0.481 e. The second-order valence-electron chi connectivity index (χ2n) is 27.3. The predicted octanol–water partition coefficient (Wildman–Crippen LogP) is -1.91. The molecular formula is C75H102N20O17. The number of aliphatic hydroxyl groups is 1. The summed E-state index contributed by atoms with van der Waals surface area (Å²) >= 11 is 0. The summed E-state index contributed by atoms with van der Waals surface area (Å²) in [5.41, 5.74) is 21.6. The summed E-state index contributed by atoms with van der Waals surface area (Å²) in [6, 6.07) is 6.97. The molecule has 11 atom stereocenters. The number of fused-ring (bicyclic) bond motifs is 5. The van der Waals surface area contributed by atoms with Crippen LogP contribution in [-0.4, -0.2) is 221 Å². The lowest BCUT2D eigenvalue weighted by Crippen LogP contribution is -2.61. The van der Waals surface area contributed by atoms with Crippen LogP contribution in [0.4, 0.5) is 4.79 Å². The monoisotopic (exact) mass is 1550 g/mol. The second-order valence-corrected chi connectivity index (χ2v) is 27.3. The van der Waals surface area contributed by atoms with Crippen LogP contribution < -0.4 is 86.3 Å². The van der Waals surface area contributed by atoms with Crippen molar-refractivity contribution in [3.05, 3.63) is 120 Å². The smallest absolute Gasteiger partial charge is 0.407 e. The number of nitrogens with two attached hydrogens (primary N) is 3. The highest BCUT2D eigenvalue weighted by Gasteiger charge is 2.42. The van der Waals surface area contributed by atoms with Crippen LogP contribution in [0.1, 0.15) is 127 Å². The lowest BCUT2D eigenvalue weighted by atomic mass is 9.98. The number of hydrogen-bond donors (Lipinski definition) is 21. The molecule has 2 aliphatic heterocycles. The molecule has 112 heavy (non-hydrogen) atoms. The Labute approximate surface area is 645 Å². The van der Waals surface area contributed by atoms with E-state index in [4.69, 9.17) is 32.8 Å². The minimum atomic E-state index is -1.92. The number of alkyl carbamates (subject to hydrolysis) is 1.